The molecular weight excluding hydrogens is 350 g/mol. The van der Waals surface area contributed by atoms with Crippen LogP contribution in [0.5, 0.6) is 5.75 Å². The molecule has 142 valence electrons. The molecule has 0 radical (unpaired) electrons. The number of rotatable bonds is 7. The fraction of sp³-hybridized carbons (Fsp3) is 0.500. The minimum atomic E-state index is -0.322. The van der Waals surface area contributed by atoms with Gasteiger partial charge in [0.1, 0.15) is 5.75 Å². The molecule has 0 fully saturated rings. The quantitative estimate of drug-likeness (QED) is 0.590. The number of carbonyl (C=O) groups is 1. The number of para-hydroxylation sites is 1. The number of nitrogen functional groups attached to an aromatic ring is 1. The van der Waals surface area contributed by atoms with Gasteiger partial charge in [-0.3, -0.25) is 4.79 Å². The summed E-state index contributed by atoms with van der Waals surface area (Å²) in [6, 6.07) is 7.73. The van der Waals surface area contributed by atoms with Crippen LogP contribution in [-0.2, 0) is 4.79 Å². The molecule has 0 bridgehead atoms. The van der Waals surface area contributed by atoms with E-state index in [1.54, 1.807) is 7.11 Å². The van der Waals surface area contributed by atoms with Crippen molar-refractivity contribution < 1.29 is 9.53 Å². The first-order chi connectivity index (χ1) is 12.3. The molecular formula is C18H27N5O2S. The third kappa shape index (κ3) is 4.12. The van der Waals surface area contributed by atoms with Crippen molar-refractivity contribution in [2.24, 2.45) is 0 Å². The number of nitrogens with two attached hydrogens (primary N) is 1. The lowest BCUT2D eigenvalue weighted by molar-refractivity contribution is -0.133. The summed E-state index contributed by atoms with van der Waals surface area (Å²) < 4.78 is 6.77. The summed E-state index contributed by atoms with van der Waals surface area (Å²) in [5.74, 6) is 7.41. The van der Waals surface area contributed by atoms with Gasteiger partial charge in [-0.05, 0) is 46.8 Å². The van der Waals surface area contributed by atoms with E-state index in [2.05, 4.69) is 10.2 Å². The number of ether oxygens (including phenoxy) is 1. The number of hydrogen-bond donors (Lipinski definition) is 1. The van der Waals surface area contributed by atoms with Gasteiger partial charge in [-0.25, -0.2) is 4.68 Å². The molecule has 1 heterocycles. The van der Waals surface area contributed by atoms with Crippen LogP contribution in [0.25, 0.3) is 11.4 Å². The summed E-state index contributed by atoms with van der Waals surface area (Å²) in [6.45, 7) is 9.92. The van der Waals surface area contributed by atoms with Crippen molar-refractivity contribution in [2.45, 2.75) is 57.1 Å². The third-order valence-electron chi connectivity index (χ3n) is 4.01. The van der Waals surface area contributed by atoms with Crippen molar-refractivity contribution in [2.75, 3.05) is 13.0 Å². The zero-order valence-corrected chi connectivity index (χ0v) is 16.9. The summed E-state index contributed by atoms with van der Waals surface area (Å²) in [4.78, 5) is 14.7. The predicted octanol–water partition coefficient (Wildman–Crippen LogP) is 2.79. The molecule has 0 saturated heterocycles. The molecule has 2 rings (SSSR count). The summed E-state index contributed by atoms with van der Waals surface area (Å²) >= 11 is 1.30. The van der Waals surface area contributed by atoms with Gasteiger partial charge in [-0.1, -0.05) is 23.9 Å². The van der Waals surface area contributed by atoms with Crippen LogP contribution in [0, 0.1) is 0 Å². The first kappa shape index (κ1) is 20.1. The van der Waals surface area contributed by atoms with Crippen LogP contribution in [0.1, 0.15) is 34.6 Å². The van der Waals surface area contributed by atoms with Crippen molar-refractivity contribution >= 4 is 17.7 Å². The molecule has 0 aliphatic rings. The number of thioether (sulfide) groups is 1. The van der Waals surface area contributed by atoms with Gasteiger partial charge in [0.25, 0.3) is 0 Å². The maximum atomic E-state index is 12.8. The zero-order valence-electron chi connectivity index (χ0n) is 16.1. The lowest BCUT2D eigenvalue weighted by Crippen LogP contribution is -2.45. The fourth-order valence-electron chi connectivity index (χ4n) is 2.89. The average Bonchev–Trinajstić information content (AvgIpc) is 2.94. The van der Waals surface area contributed by atoms with E-state index in [1.807, 2.05) is 63.8 Å². The van der Waals surface area contributed by atoms with Crippen LogP contribution in [0.2, 0.25) is 0 Å². The second-order valence-corrected chi connectivity index (χ2v) is 7.88. The monoisotopic (exact) mass is 377 g/mol. The first-order valence-corrected chi connectivity index (χ1v) is 9.48. The lowest BCUT2D eigenvalue weighted by atomic mass is 10.2. The van der Waals surface area contributed by atoms with E-state index in [4.69, 9.17) is 10.6 Å². The largest absolute Gasteiger partial charge is 0.496 e. The Hall–Kier alpha value is -2.22. The Balaban J connectivity index is 2.24. The first-order valence-electron chi connectivity index (χ1n) is 8.60. The molecule has 8 heteroatoms. The molecule has 0 saturated carbocycles. The molecule has 26 heavy (non-hydrogen) atoms. The van der Waals surface area contributed by atoms with E-state index < -0.39 is 0 Å². The Kier molecular flexibility index (Phi) is 6.52. The molecule has 0 spiro atoms. The van der Waals surface area contributed by atoms with Crippen molar-refractivity contribution in [3.8, 4) is 17.1 Å². The maximum Gasteiger partial charge on any atom is 0.236 e. The Bertz CT molecular complexity index is 752. The van der Waals surface area contributed by atoms with E-state index >= 15 is 0 Å². The summed E-state index contributed by atoms with van der Waals surface area (Å²) in [6.07, 6.45) is 0. The Labute approximate surface area is 158 Å². The van der Waals surface area contributed by atoms with Crippen LogP contribution in [-0.4, -0.2) is 50.1 Å². The Morgan fingerprint density at radius 1 is 1.15 bits per heavy atom. The molecule has 0 aliphatic carbocycles. The van der Waals surface area contributed by atoms with Crippen molar-refractivity contribution in [3.05, 3.63) is 24.3 Å². The van der Waals surface area contributed by atoms with Gasteiger partial charge in [0.15, 0.2) is 5.82 Å². The molecule has 7 nitrogen and oxygen atoms in total. The number of aromatic nitrogens is 3. The fourth-order valence-corrected chi connectivity index (χ4v) is 3.72. The van der Waals surface area contributed by atoms with Gasteiger partial charge in [-0.2, -0.15) is 0 Å². The van der Waals surface area contributed by atoms with Crippen molar-refractivity contribution in [1.82, 2.24) is 19.8 Å². The lowest BCUT2D eigenvalue weighted by Gasteiger charge is -2.32. The van der Waals surface area contributed by atoms with Crippen molar-refractivity contribution in [3.63, 3.8) is 0 Å². The van der Waals surface area contributed by atoms with Crippen LogP contribution in [0.4, 0.5) is 0 Å². The van der Waals surface area contributed by atoms with Gasteiger partial charge < -0.3 is 15.5 Å². The van der Waals surface area contributed by atoms with E-state index in [0.717, 1.165) is 5.56 Å². The normalized spacial score (nSPS) is 12.5. The SMILES string of the molecule is COc1ccccc1-c1nnc(SC(C)C(=O)N(C(C)C)C(C)C)n1N. The molecule has 0 aliphatic heterocycles. The number of methoxy groups -OCH3 is 1. The van der Waals surface area contributed by atoms with Crippen LogP contribution >= 0.6 is 11.8 Å². The van der Waals surface area contributed by atoms with Crippen LogP contribution < -0.4 is 10.6 Å². The molecule has 1 aromatic carbocycles. The Morgan fingerprint density at radius 2 is 1.77 bits per heavy atom. The second-order valence-electron chi connectivity index (χ2n) is 6.57. The number of benzene rings is 1. The standard InChI is InChI=1S/C18H27N5O2S/c1-11(2)22(12(3)4)17(24)13(5)26-18-21-20-16(23(18)19)14-9-7-8-10-15(14)25-6/h7-13H,19H2,1-6H3. The van der Waals surface area contributed by atoms with Gasteiger partial charge in [-0.15, -0.1) is 10.2 Å². The highest BCUT2D eigenvalue weighted by Crippen LogP contribution is 2.31. The molecule has 1 aromatic heterocycles. The highest BCUT2D eigenvalue weighted by atomic mass is 32.2. The molecule has 2 aromatic rings. The molecule has 1 unspecified atom stereocenters. The van der Waals surface area contributed by atoms with E-state index in [1.165, 1.54) is 16.4 Å². The molecule has 1 amide bonds. The molecule has 2 N–H and O–H groups in total. The highest BCUT2D eigenvalue weighted by molar-refractivity contribution is 8.00. The summed E-state index contributed by atoms with van der Waals surface area (Å²) in [7, 11) is 1.60. The number of hydrogen-bond acceptors (Lipinski definition) is 6. The number of carbonyl (C=O) groups excluding carboxylic acids is 1. The zero-order chi connectivity index (χ0) is 19.4. The Morgan fingerprint density at radius 3 is 2.35 bits per heavy atom. The van der Waals surface area contributed by atoms with Crippen molar-refractivity contribution in [1.29, 1.82) is 0 Å². The summed E-state index contributed by atoms with van der Waals surface area (Å²) in [5, 5.41) is 8.51. The highest BCUT2D eigenvalue weighted by Gasteiger charge is 2.27. The smallest absolute Gasteiger partial charge is 0.236 e. The van der Waals surface area contributed by atoms with E-state index in [-0.39, 0.29) is 23.2 Å². The minimum Gasteiger partial charge on any atom is -0.496 e. The number of nitrogens with zero attached hydrogens (tertiary/aromatic N) is 4. The van der Waals surface area contributed by atoms with Crippen LogP contribution in [0.15, 0.2) is 29.4 Å². The van der Waals surface area contributed by atoms with Gasteiger partial charge in [0.05, 0.1) is 17.9 Å². The van der Waals surface area contributed by atoms with Gasteiger partial charge >= 0.3 is 0 Å². The van der Waals surface area contributed by atoms with Gasteiger partial charge in [0, 0.05) is 12.1 Å². The summed E-state index contributed by atoms with van der Waals surface area (Å²) in [5.41, 5.74) is 0.752. The van der Waals surface area contributed by atoms with Crippen LogP contribution in [0.3, 0.4) is 0 Å². The second kappa shape index (κ2) is 8.44. The van der Waals surface area contributed by atoms with Gasteiger partial charge in [0.2, 0.25) is 11.1 Å². The van der Waals surface area contributed by atoms with E-state index in [0.29, 0.717) is 16.7 Å². The van der Waals surface area contributed by atoms with E-state index in [9.17, 15) is 4.79 Å². The third-order valence-corrected chi connectivity index (χ3v) is 5.05. The minimum absolute atomic E-state index is 0.0573. The maximum absolute atomic E-state index is 12.8. The number of amides is 1. The average molecular weight is 378 g/mol. The molecule has 1 atom stereocenters. The predicted molar refractivity (Wildman–Crippen MR) is 105 cm³/mol. The topological polar surface area (TPSA) is 86.3 Å².